The van der Waals surface area contributed by atoms with Crippen molar-refractivity contribution in [1.29, 1.82) is 0 Å². The highest BCUT2D eigenvalue weighted by molar-refractivity contribution is 7.11. The Bertz CT molecular complexity index is 457. The lowest BCUT2D eigenvalue weighted by Gasteiger charge is -2.32. The molecule has 20 heavy (non-hydrogen) atoms. The largest absolute Gasteiger partial charge is 0.465 e. The van der Waals surface area contributed by atoms with E-state index in [1.165, 1.54) is 18.6 Å². The van der Waals surface area contributed by atoms with Crippen molar-refractivity contribution in [1.82, 2.24) is 14.2 Å². The average molecular weight is 299 g/mol. The molecular weight excluding hydrogens is 278 g/mol. The fourth-order valence-electron chi connectivity index (χ4n) is 2.12. The van der Waals surface area contributed by atoms with Crippen molar-refractivity contribution in [3.8, 4) is 0 Å². The Balaban J connectivity index is 1.84. The number of likely N-dealkylation sites (N-methyl/N-ethyl adjacent to an activating group) is 1. The Kier molecular flexibility index (Phi) is 5.16. The van der Waals surface area contributed by atoms with Gasteiger partial charge < -0.3 is 20.7 Å². The van der Waals surface area contributed by atoms with Gasteiger partial charge in [-0.3, -0.25) is 4.90 Å². The van der Waals surface area contributed by atoms with Crippen LogP contribution in [0.2, 0.25) is 0 Å². The van der Waals surface area contributed by atoms with Crippen LogP contribution in [0.15, 0.2) is 0 Å². The molecule has 1 aliphatic heterocycles. The summed E-state index contributed by atoms with van der Waals surface area (Å²) in [7, 11) is 3.48. The van der Waals surface area contributed by atoms with Gasteiger partial charge in [0.05, 0.1) is 7.11 Å². The first kappa shape index (κ1) is 15.0. The van der Waals surface area contributed by atoms with Gasteiger partial charge in [-0.1, -0.05) is 0 Å². The fourth-order valence-corrected chi connectivity index (χ4v) is 2.85. The van der Waals surface area contributed by atoms with Gasteiger partial charge in [0.1, 0.15) is 10.6 Å². The number of hydrogen-bond acceptors (Lipinski definition) is 8. The van der Waals surface area contributed by atoms with Gasteiger partial charge in [0.2, 0.25) is 0 Å². The molecule has 1 aromatic rings. The molecule has 1 aliphatic rings. The first-order valence-electron chi connectivity index (χ1n) is 6.60. The molecule has 0 atom stereocenters. The van der Waals surface area contributed by atoms with Gasteiger partial charge in [-0.2, -0.15) is 4.37 Å². The zero-order valence-electron chi connectivity index (χ0n) is 11.9. The summed E-state index contributed by atoms with van der Waals surface area (Å²) in [6.07, 6.45) is 0. The summed E-state index contributed by atoms with van der Waals surface area (Å²) < 4.78 is 8.71. The third-order valence-corrected chi connectivity index (χ3v) is 4.24. The average Bonchev–Trinajstić information content (AvgIpc) is 2.81. The first-order valence-corrected chi connectivity index (χ1v) is 7.37. The third kappa shape index (κ3) is 3.59. The molecule has 0 aromatic carbocycles. The molecule has 2 rings (SSSR count). The summed E-state index contributed by atoms with van der Waals surface area (Å²) in [5, 5.41) is 3.91. The van der Waals surface area contributed by atoms with Crippen LogP contribution in [-0.4, -0.2) is 73.6 Å². The number of nitrogens with one attached hydrogen (secondary N) is 1. The van der Waals surface area contributed by atoms with Crippen LogP contribution in [0.5, 0.6) is 0 Å². The third-order valence-electron chi connectivity index (χ3n) is 3.42. The highest BCUT2D eigenvalue weighted by Crippen LogP contribution is 2.27. The first-order chi connectivity index (χ1) is 9.61. The van der Waals surface area contributed by atoms with Crippen LogP contribution in [0.4, 0.5) is 10.8 Å². The van der Waals surface area contributed by atoms with Crippen LogP contribution in [0.3, 0.4) is 0 Å². The summed E-state index contributed by atoms with van der Waals surface area (Å²) in [4.78, 5) is 16.3. The number of hydrogen-bond donors (Lipinski definition) is 2. The zero-order chi connectivity index (χ0) is 14.5. The Morgan fingerprint density at radius 2 is 2.15 bits per heavy atom. The Hall–Kier alpha value is -1.38. The lowest BCUT2D eigenvalue weighted by Crippen LogP contribution is -2.45. The quantitative estimate of drug-likeness (QED) is 0.750. The molecule has 0 radical (unpaired) electrons. The van der Waals surface area contributed by atoms with Gasteiger partial charge in [-0.05, 0) is 18.6 Å². The minimum absolute atomic E-state index is 0.226. The molecule has 0 saturated carbocycles. The number of esters is 1. The number of piperazine rings is 1. The summed E-state index contributed by atoms with van der Waals surface area (Å²) in [6.45, 7) is 6.04. The van der Waals surface area contributed by atoms with Crippen molar-refractivity contribution >= 4 is 28.3 Å². The second kappa shape index (κ2) is 6.87. The van der Waals surface area contributed by atoms with Gasteiger partial charge in [-0.25, -0.2) is 4.79 Å². The van der Waals surface area contributed by atoms with Gasteiger partial charge in [0.25, 0.3) is 0 Å². The number of rotatable bonds is 5. The number of nitrogens with two attached hydrogens (primary N) is 1. The molecule has 1 saturated heterocycles. The van der Waals surface area contributed by atoms with Crippen LogP contribution in [0.25, 0.3) is 0 Å². The molecule has 1 fully saturated rings. The second-order valence-corrected chi connectivity index (χ2v) is 5.61. The van der Waals surface area contributed by atoms with Crippen molar-refractivity contribution in [3.05, 3.63) is 5.56 Å². The minimum Gasteiger partial charge on any atom is -0.465 e. The number of carbonyl (C=O) groups is 1. The topological polar surface area (TPSA) is 83.7 Å². The number of ether oxygens (including phenoxy) is 1. The van der Waals surface area contributed by atoms with Gasteiger partial charge in [0, 0.05) is 39.3 Å². The molecule has 0 spiro atoms. The molecule has 2 heterocycles. The monoisotopic (exact) mass is 299 g/mol. The lowest BCUT2D eigenvalue weighted by atomic mass is 10.3. The number of carbonyl (C=O) groups excluding carboxylic acids is 1. The lowest BCUT2D eigenvalue weighted by molar-refractivity contribution is 0.0603. The van der Waals surface area contributed by atoms with Gasteiger partial charge in [-0.15, -0.1) is 0 Å². The smallest absolute Gasteiger partial charge is 0.344 e. The van der Waals surface area contributed by atoms with Gasteiger partial charge >= 0.3 is 5.97 Å². The van der Waals surface area contributed by atoms with Crippen LogP contribution in [0, 0.1) is 0 Å². The molecule has 8 heteroatoms. The van der Waals surface area contributed by atoms with Crippen molar-refractivity contribution in [3.63, 3.8) is 0 Å². The molecule has 0 aliphatic carbocycles. The van der Waals surface area contributed by atoms with E-state index < -0.39 is 5.97 Å². The molecule has 112 valence electrons. The van der Waals surface area contributed by atoms with E-state index in [2.05, 4.69) is 26.5 Å². The van der Waals surface area contributed by atoms with E-state index in [1.807, 2.05) is 0 Å². The number of nitrogen functional groups attached to an aromatic ring is 1. The summed E-state index contributed by atoms with van der Waals surface area (Å²) in [6, 6.07) is 0. The molecule has 7 nitrogen and oxygen atoms in total. The second-order valence-electron chi connectivity index (χ2n) is 4.84. The van der Waals surface area contributed by atoms with Gasteiger partial charge in [0.15, 0.2) is 5.82 Å². The van der Waals surface area contributed by atoms with Crippen LogP contribution in [0.1, 0.15) is 10.4 Å². The number of methoxy groups -OCH3 is 1. The van der Waals surface area contributed by atoms with E-state index in [0.29, 0.717) is 10.6 Å². The summed E-state index contributed by atoms with van der Waals surface area (Å²) in [5.74, 6) is -0.220. The standard InChI is InChI=1S/C12H21N5O2S/c1-16-5-7-17(8-6-16)4-3-14-11-9(12(18)19-2)10(13)15-20-11/h14H,3-8H2,1-2H3,(H2,13,15). The van der Waals surface area contributed by atoms with E-state index in [1.54, 1.807) is 0 Å². The van der Waals surface area contributed by atoms with Crippen molar-refractivity contribution in [2.45, 2.75) is 0 Å². The van der Waals surface area contributed by atoms with E-state index in [0.717, 1.165) is 39.3 Å². The molecule has 0 amide bonds. The van der Waals surface area contributed by atoms with Crippen molar-refractivity contribution in [2.75, 3.05) is 64.5 Å². The summed E-state index contributed by atoms with van der Waals surface area (Å²) in [5.41, 5.74) is 6.03. The zero-order valence-corrected chi connectivity index (χ0v) is 12.7. The molecule has 1 aromatic heterocycles. The maximum Gasteiger partial charge on any atom is 0.344 e. The van der Waals surface area contributed by atoms with Crippen molar-refractivity contribution in [2.24, 2.45) is 0 Å². The molecular formula is C12H21N5O2S. The SMILES string of the molecule is COC(=O)c1c(N)nsc1NCCN1CCN(C)CC1. The van der Waals surface area contributed by atoms with Crippen molar-refractivity contribution < 1.29 is 9.53 Å². The number of aromatic nitrogens is 1. The normalized spacial score (nSPS) is 17.1. The predicted molar refractivity (Wildman–Crippen MR) is 80.3 cm³/mol. The van der Waals surface area contributed by atoms with E-state index >= 15 is 0 Å². The van der Waals surface area contributed by atoms with Crippen LogP contribution >= 0.6 is 11.5 Å². The molecule has 0 bridgehead atoms. The van der Waals surface area contributed by atoms with E-state index in [9.17, 15) is 4.79 Å². The van der Waals surface area contributed by atoms with E-state index in [4.69, 9.17) is 10.5 Å². The van der Waals surface area contributed by atoms with Crippen LogP contribution < -0.4 is 11.1 Å². The summed E-state index contributed by atoms with van der Waals surface area (Å²) >= 11 is 1.19. The number of nitrogens with zero attached hydrogens (tertiary/aromatic N) is 3. The number of anilines is 2. The minimum atomic E-state index is -0.446. The fraction of sp³-hybridized carbons (Fsp3) is 0.667. The Morgan fingerprint density at radius 1 is 1.45 bits per heavy atom. The Morgan fingerprint density at radius 3 is 2.80 bits per heavy atom. The van der Waals surface area contributed by atoms with Crippen LogP contribution in [-0.2, 0) is 4.74 Å². The maximum absolute atomic E-state index is 11.6. The highest BCUT2D eigenvalue weighted by atomic mass is 32.1. The molecule has 3 N–H and O–H groups in total. The highest BCUT2D eigenvalue weighted by Gasteiger charge is 2.20. The molecule has 0 unspecified atom stereocenters. The Labute approximate surface area is 122 Å². The predicted octanol–water partition coefficient (Wildman–Crippen LogP) is 0.171. The van der Waals surface area contributed by atoms with E-state index in [-0.39, 0.29) is 5.82 Å². The maximum atomic E-state index is 11.6.